The van der Waals surface area contributed by atoms with Crippen LogP contribution in [0.5, 0.6) is 0 Å². The zero-order valence-corrected chi connectivity index (χ0v) is 11.8. The molecule has 0 saturated carbocycles. The number of halogens is 1. The Morgan fingerprint density at radius 1 is 1.55 bits per heavy atom. The first-order valence-electron chi connectivity index (χ1n) is 6.54. The fourth-order valence-electron chi connectivity index (χ4n) is 2.88. The fourth-order valence-corrected chi connectivity index (χ4v) is 3.06. The Morgan fingerprint density at radius 2 is 2.35 bits per heavy atom. The number of aromatic nitrogens is 3. The largest absolute Gasteiger partial charge is 0.465 e. The van der Waals surface area contributed by atoms with Gasteiger partial charge in [-0.25, -0.2) is 14.8 Å². The van der Waals surface area contributed by atoms with Crippen molar-refractivity contribution in [1.82, 2.24) is 19.4 Å². The molecule has 1 fully saturated rings. The van der Waals surface area contributed by atoms with Crippen LogP contribution in [-0.2, 0) is 6.54 Å². The van der Waals surface area contributed by atoms with Crippen molar-refractivity contribution in [3.8, 4) is 0 Å². The van der Waals surface area contributed by atoms with Crippen molar-refractivity contribution in [2.75, 3.05) is 6.54 Å². The van der Waals surface area contributed by atoms with Gasteiger partial charge in [0.15, 0.2) is 0 Å². The Hall–Kier alpha value is -1.82. The van der Waals surface area contributed by atoms with Gasteiger partial charge in [-0.1, -0.05) is 11.6 Å². The van der Waals surface area contributed by atoms with Crippen molar-refractivity contribution in [1.29, 1.82) is 0 Å². The molecule has 1 aliphatic heterocycles. The maximum absolute atomic E-state index is 11.2. The summed E-state index contributed by atoms with van der Waals surface area (Å²) in [4.78, 5) is 21.0. The summed E-state index contributed by atoms with van der Waals surface area (Å²) in [6, 6.07) is 1.94. The van der Waals surface area contributed by atoms with E-state index in [1.807, 2.05) is 17.6 Å². The third-order valence-corrected chi connectivity index (χ3v) is 4.17. The molecule has 1 saturated heterocycles. The van der Waals surface area contributed by atoms with Crippen LogP contribution >= 0.6 is 11.6 Å². The Balaban J connectivity index is 1.97. The first kappa shape index (κ1) is 13.2. The molecule has 1 amide bonds. The van der Waals surface area contributed by atoms with Crippen LogP contribution in [0.2, 0.25) is 5.15 Å². The molecule has 2 aromatic heterocycles. The smallest absolute Gasteiger partial charge is 0.407 e. The van der Waals surface area contributed by atoms with E-state index in [0.717, 1.165) is 29.6 Å². The Morgan fingerprint density at radius 3 is 3.10 bits per heavy atom. The standard InChI is InChI=1S/C13H15ClN4O2/c1-8-5-10-11(14)15-7-16-12(10)18(8)6-9-3-2-4-17(9)13(19)20/h5,7,9H,2-4,6H2,1H3,(H,19,20). The highest BCUT2D eigenvalue weighted by molar-refractivity contribution is 6.33. The average Bonchev–Trinajstić information content (AvgIpc) is 2.98. The van der Waals surface area contributed by atoms with E-state index in [2.05, 4.69) is 9.97 Å². The Labute approximate surface area is 121 Å². The second-order valence-electron chi connectivity index (χ2n) is 5.07. The minimum Gasteiger partial charge on any atom is -0.465 e. The number of nitrogens with zero attached hydrogens (tertiary/aromatic N) is 4. The van der Waals surface area contributed by atoms with E-state index in [1.165, 1.54) is 11.2 Å². The number of likely N-dealkylation sites (tertiary alicyclic amines) is 1. The maximum atomic E-state index is 11.2. The predicted octanol–water partition coefficient (Wildman–Crippen LogP) is 2.54. The van der Waals surface area contributed by atoms with Crippen LogP contribution in [-0.4, -0.2) is 43.2 Å². The van der Waals surface area contributed by atoms with Crippen LogP contribution in [0.25, 0.3) is 11.0 Å². The fraction of sp³-hybridized carbons (Fsp3) is 0.462. The lowest BCUT2D eigenvalue weighted by atomic mass is 10.2. The molecule has 106 valence electrons. The summed E-state index contributed by atoms with van der Waals surface area (Å²) in [5.74, 6) is 0. The maximum Gasteiger partial charge on any atom is 0.407 e. The highest BCUT2D eigenvalue weighted by Crippen LogP contribution is 2.26. The van der Waals surface area contributed by atoms with Crippen LogP contribution in [0.3, 0.4) is 0 Å². The van der Waals surface area contributed by atoms with Crippen molar-refractivity contribution < 1.29 is 9.90 Å². The van der Waals surface area contributed by atoms with Gasteiger partial charge in [-0.15, -0.1) is 0 Å². The third-order valence-electron chi connectivity index (χ3n) is 3.87. The topological polar surface area (TPSA) is 71.2 Å². The molecule has 0 bridgehead atoms. The molecule has 1 aliphatic rings. The number of carbonyl (C=O) groups is 1. The van der Waals surface area contributed by atoms with Crippen LogP contribution in [0.1, 0.15) is 18.5 Å². The molecule has 1 unspecified atom stereocenters. The molecule has 2 aromatic rings. The lowest BCUT2D eigenvalue weighted by Crippen LogP contribution is -2.37. The summed E-state index contributed by atoms with van der Waals surface area (Å²) < 4.78 is 2.02. The summed E-state index contributed by atoms with van der Waals surface area (Å²) in [5.41, 5.74) is 1.78. The molecule has 20 heavy (non-hydrogen) atoms. The molecule has 3 heterocycles. The minimum absolute atomic E-state index is 0.00413. The molecule has 7 heteroatoms. The number of fused-ring (bicyclic) bond motifs is 1. The van der Waals surface area contributed by atoms with Crippen molar-refractivity contribution >= 4 is 28.7 Å². The molecular weight excluding hydrogens is 280 g/mol. The van der Waals surface area contributed by atoms with Crippen molar-refractivity contribution in [2.24, 2.45) is 0 Å². The van der Waals surface area contributed by atoms with Gasteiger partial charge in [0.2, 0.25) is 0 Å². The van der Waals surface area contributed by atoms with Gasteiger partial charge in [-0.05, 0) is 25.8 Å². The highest BCUT2D eigenvalue weighted by Gasteiger charge is 2.29. The normalized spacial score (nSPS) is 18.9. The lowest BCUT2D eigenvalue weighted by molar-refractivity contribution is 0.136. The van der Waals surface area contributed by atoms with Crippen LogP contribution < -0.4 is 0 Å². The Bertz CT molecular complexity index is 670. The zero-order chi connectivity index (χ0) is 14.3. The SMILES string of the molecule is Cc1cc2c(Cl)ncnc2n1CC1CCCN1C(=O)O. The zero-order valence-electron chi connectivity index (χ0n) is 11.1. The number of hydrogen-bond acceptors (Lipinski definition) is 3. The molecule has 3 rings (SSSR count). The number of rotatable bonds is 2. The van der Waals surface area contributed by atoms with Crippen LogP contribution in [0, 0.1) is 6.92 Å². The number of amides is 1. The van der Waals surface area contributed by atoms with E-state index >= 15 is 0 Å². The third kappa shape index (κ3) is 2.10. The first-order valence-corrected chi connectivity index (χ1v) is 6.91. The van der Waals surface area contributed by atoms with Gasteiger partial charge in [0.1, 0.15) is 17.1 Å². The predicted molar refractivity (Wildman–Crippen MR) is 75.0 cm³/mol. The molecule has 0 aromatic carbocycles. The first-order chi connectivity index (χ1) is 9.58. The molecule has 0 aliphatic carbocycles. The summed E-state index contributed by atoms with van der Waals surface area (Å²) in [5, 5.41) is 10.4. The van der Waals surface area contributed by atoms with E-state index in [4.69, 9.17) is 11.6 Å². The number of carboxylic acid groups (broad SMARTS) is 1. The van der Waals surface area contributed by atoms with Gasteiger partial charge >= 0.3 is 6.09 Å². The summed E-state index contributed by atoms with van der Waals surface area (Å²) >= 11 is 6.07. The van der Waals surface area contributed by atoms with E-state index in [9.17, 15) is 9.90 Å². The minimum atomic E-state index is -0.853. The van der Waals surface area contributed by atoms with Gasteiger partial charge in [0.25, 0.3) is 0 Å². The molecule has 1 N–H and O–H groups in total. The molecular formula is C13H15ClN4O2. The average molecular weight is 295 g/mol. The summed E-state index contributed by atoms with van der Waals surface area (Å²) in [6.45, 7) is 3.18. The van der Waals surface area contributed by atoms with Crippen molar-refractivity contribution in [3.63, 3.8) is 0 Å². The van der Waals surface area contributed by atoms with E-state index in [0.29, 0.717) is 18.2 Å². The summed E-state index contributed by atoms with van der Waals surface area (Å²) in [7, 11) is 0. The quantitative estimate of drug-likeness (QED) is 0.864. The number of aryl methyl sites for hydroxylation is 1. The monoisotopic (exact) mass is 294 g/mol. The van der Waals surface area contributed by atoms with Crippen molar-refractivity contribution in [2.45, 2.75) is 32.4 Å². The second-order valence-corrected chi connectivity index (χ2v) is 5.43. The summed E-state index contributed by atoms with van der Waals surface area (Å²) in [6.07, 6.45) is 2.37. The van der Waals surface area contributed by atoms with Crippen LogP contribution in [0.4, 0.5) is 4.79 Å². The molecule has 6 nitrogen and oxygen atoms in total. The van der Waals surface area contributed by atoms with Gasteiger partial charge in [0, 0.05) is 18.8 Å². The van der Waals surface area contributed by atoms with Gasteiger partial charge in [-0.3, -0.25) is 0 Å². The van der Waals surface area contributed by atoms with E-state index in [-0.39, 0.29) is 6.04 Å². The van der Waals surface area contributed by atoms with Gasteiger partial charge in [0.05, 0.1) is 11.4 Å². The van der Waals surface area contributed by atoms with E-state index in [1.54, 1.807) is 0 Å². The Kier molecular flexibility index (Phi) is 3.25. The second kappa shape index (κ2) is 4.94. The van der Waals surface area contributed by atoms with Gasteiger partial charge < -0.3 is 14.6 Å². The molecule has 1 atom stereocenters. The van der Waals surface area contributed by atoms with E-state index < -0.39 is 6.09 Å². The van der Waals surface area contributed by atoms with Crippen molar-refractivity contribution in [3.05, 3.63) is 23.2 Å². The highest BCUT2D eigenvalue weighted by atomic mass is 35.5. The molecule has 0 radical (unpaired) electrons. The van der Waals surface area contributed by atoms with Crippen LogP contribution in [0.15, 0.2) is 12.4 Å². The number of hydrogen-bond donors (Lipinski definition) is 1. The lowest BCUT2D eigenvalue weighted by Gasteiger charge is -2.22. The molecule has 0 spiro atoms. The van der Waals surface area contributed by atoms with Gasteiger partial charge in [-0.2, -0.15) is 0 Å².